The van der Waals surface area contributed by atoms with Crippen molar-refractivity contribution in [2.24, 2.45) is 0 Å². The Kier molecular flexibility index (Phi) is 11.7. The third-order valence-electron chi connectivity index (χ3n) is 6.91. The Hall–Kier alpha value is -4.74. The number of pyridine rings is 1. The molecule has 0 spiro atoms. The number of amides is 2. The van der Waals surface area contributed by atoms with E-state index in [1.165, 1.54) is 0 Å². The average molecular weight is 617 g/mol. The molecule has 0 unspecified atom stereocenters. The van der Waals surface area contributed by atoms with E-state index in [0.29, 0.717) is 45.0 Å². The third-order valence-corrected chi connectivity index (χ3v) is 6.91. The maximum atomic E-state index is 12.3. The molecule has 0 fully saturated rings. The van der Waals surface area contributed by atoms with Crippen LogP contribution in [0.4, 0.5) is 10.6 Å². The summed E-state index contributed by atoms with van der Waals surface area (Å²) >= 11 is 0. The molecular weight excluding hydrogens is 572 g/mol. The maximum Gasteiger partial charge on any atom is 0.407 e. The molecule has 1 aromatic carbocycles. The second kappa shape index (κ2) is 15.8. The number of hydrogen-bond acceptors (Lipinski definition) is 9. The molecule has 0 atom stereocenters. The number of likely N-dealkylation sites (N-methyl/N-ethyl adjacent to an activating group) is 1. The van der Waals surface area contributed by atoms with Gasteiger partial charge in [-0.3, -0.25) is 9.78 Å². The molecule has 2 N–H and O–H groups in total. The summed E-state index contributed by atoms with van der Waals surface area (Å²) in [6.45, 7) is 10.3. The summed E-state index contributed by atoms with van der Waals surface area (Å²) in [5.74, 6) is 2.14. The number of nitrogens with zero attached hydrogens (tertiary/aromatic N) is 6. The van der Waals surface area contributed by atoms with Crippen LogP contribution in [-0.4, -0.2) is 69.1 Å². The SMILES string of the molecule is CCn1ncc2c(N(C)CCOc3ccc(CNC(=O)CCCCCNC(=O)OC(C)(C)C)cc3)nc(-c3cccnc3)nc21. The highest BCUT2D eigenvalue weighted by Crippen LogP contribution is 2.27. The van der Waals surface area contributed by atoms with Crippen LogP contribution in [0.3, 0.4) is 0 Å². The number of hydrogen-bond donors (Lipinski definition) is 2. The number of carbonyl (C=O) groups excluding carboxylic acids is 2. The van der Waals surface area contributed by atoms with Gasteiger partial charge in [0.2, 0.25) is 5.91 Å². The monoisotopic (exact) mass is 616 g/mol. The van der Waals surface area contributed by atoms with Gasteiger partial charge in [-0.15, -0.1) is 0 Å². The van der Waals surface area contributed by atoms with E-state index >= 15 is 0 Å². The molecule has 240 valence electrons. The molecule has 3 aromatic heterocycles. The van der Waals surface area contributed by atoms with E-state index < -0.39 is 11.7 Å². The minimum absolute atomic E-state index is 0.00783. The van der Waals surface area contributed by atoms with Gasteiger partial charge in [-0.1, -0.05) is 18.6 Å². The summed E-state index contributed by atoms with van der Waals surface area (Å²) in [5.41, 5.74) is 2.11. The standard InChI is InChI=1S/C33H44N8O4/c1-6-41-31-27(23-37-41)30(38-29(39-31)25-11-10-17-34-22-25)40(5)19-20-44-26-15-13-24(14-16-26)21-36-28(42)12-8-7-9-18-35-32(43)45-33(2,3)4/h10-11,13-17,22-23H,6-9,12,18-21H2,1-5H3,(H,35,43)(H,36,42). The summed E-state index contributed by atoms with van der Waals surface area (Å²) in [5, 5.41) is 11.1. The van der Waals surface area contributed by atoms with E-state index in [9.17, 15) is 9.59 Å². The van der Waals surface area contributed by atoms with Crippen molar-refractivity contribution in [3.8, 4) is 17.1 Å². The van der Waals surface area contributed by atoms with Crippen molar-refractivity contribution >= 4 is 28.9 Å². The van der Waals surface area contributed by atoms with E-state index in [0.717, 1.165) is 53.0 Å². The summed E-state index contributed by atoms with van der Waals surface area (Å²) < 4.78 is 13.1. The molecular formula is C33H44N8O4. The highest BCUT2D eigenvalue weighted by atomic mass is 16.6. The number of carbonyl (C=O) groups is 2. The van der Waals surface area contributed by atoms with Gasteiger partial charge in [0.15, 0.2) is 11.5 Å². The van der Waals surface area contributed by atoms with Gasteiger partial charge in [0.05, 0.1) is 18.1 Å². The van der Waals surface area contributed by atoms with Gasteiger partial charge in [-0.05, 0) is 70.4 Å². The van der Waals surface area contributed by atoms with Crippen LogP contribution < -0.4 is 20.3 Å². The lowest BCUT2D eigenvalue weighted by Gasteiger charge is -2.20. The number of nitrogens with one attached hydrogen (secondary N) is 2. The predicted molar refractivity (Wildman–Crippen MR) is 174 cm³/mol. The zero-order valence-corrected chi connectivity index (χ0v) is 26.9. The minimum Gasteiger partial charge on any atom is -0.492 e. The first kappa shape index (κ1) is 33.2. The van der Waals surface area contributed by atoms with Gasteiger partial charge in [-0.2, -0.15) is 5.10 Å². The average Bonchev–Trinajstić information content (AvgIpc) is 3.44. The first-order valence-corrected chi connectivity index (χ1v) is 15.4. The van der Waals surface area contributed by atoms with Crippen molar-refractivity contribution in [1.82, 2.24) is 35.4 Å². The molecule has 0 aliphatic carbocycles. The third kappa shape index (κ3) is 10.2. The van der Waals surface area contributed by atoms with E-state index in [-0.39, 0.29) is 5.91 Å². The lowest BCUT2D eigenvalue weighted by atomic mass is 10.1. The van der Waals surface area contributed by atoms with Gasteiger partial charge in [0.1, 0.15) is 23.8 Å². The summed E-state index contributed by atoms with van der Waals surface area (Å²) in [4.78, 5) is 39.8. The first-order chi connectivity index (χ1) is 21.6. The van der Waals surface area contributed by atoms with Crippen LogP contribution in [0.2, 0.25) is 0 Å². The Balaban J connectivity index is 1.19. The fourth-order valence-corrected chi connectivity index (χ4v) is 4.58. The Morgan fingerprint density at radius 3 is 2.51 bits per heavy atom. The van der Waals surface area contributed by atoms with Crippen molar-refractivity contribution in [3.63, 3.8) is 0 Å². The molecule has 0 saturated heterocycles. The number of fused-ring (bicyclic) bond motifs is 1. The summed E-state index contributed by atoms with van der Waals surface area (Å²) in [6, 6.07) is 11.5. The van der Waals surface area contributed by atoms with Crippen LogP contribution in [0.25, 0.3) is 22.4 Å². The number of unbranched alkanes of at least 4 members (excludes halogenated alkanes) is 2. The topological polar surface area (TPSA) is 136 Å². The molecule has 12 nitrogen and oxygen atoms in total. The van der Waals surface area contributed by atoms with Crippen LogP contribution in [0.1, 0.15) is 58.9 Å². The second-order valence-corrected chi connectivity index (χ2v) is 11.7. The highest BCUT2D eigenvalue weighted by Gasteiger charge is 2.17. The first-order valence-electron chi connectivity index (χ1n) is 15.4. The molecule has 2 amide bonds. The van der Waals surface area contributed by atoms with E-state index in [1.54, 1.807) is 12.4 Å². The van der Waals surface area contributed by atoms with Gasteiger partial charge < -0.3 is 25.0 Å². The number of rotatable bonds is 15. The fraction of sp³-hybridized carbons (Fsp3) is 0.455. The van der Waals surface area contributed by atoms with E-state index in [1.807, 2.05) is 86.9 Å². The molecule has 0 aliphatic rings. The molecule has 0 radical (unpaired) electrons. The fourth-order valence-electron chi connectivity index (χ4n) is 4.58. The van der Waals surface area contributed by atoms with Gasteiger partial charge >= 0.3 is 6.09 Å². The van der Waals surface area contributed by atoms with E-state index in [2.05, 4.69) is 20.7 Å². The van der Waals surface area contributed by atoms with Crippen molar-refractivity contribution < 1.29 is 19.1 Å². The Labute approximate surface area is 264 Å². The predicted octanol–water partition coefficient (Wildman–Crippen LogP) is 5.12. The van der Waals surface area contributed by atoms with Crippen molar-refractivity contribution in [2.75, 3.05) is 31.6 Å². The smallest absolute Gasteiger partial charge is 0.407 e. The zero-order valence-electron chi connectivity index (χ0n) is 26.9. The number of alkyl carbamates (subject to hydrolysis) is 1. The number of aryl methyl sites for hydroxylation is 1. The number of ether oxygens (including phenoxy) is 2. The van der Waals surface area contributed by atoms with Gasteiger partial charge in [0, 0.05) is 51.1 Å². The van der Waals surface area contributed by atoms with E-state index in [4.69, 9.17) is 19.4 Å². The summed E-state index contributed by atoms with van der Waals surface area (Å²) in [6.07, 6.45) is 7.73. The molecule has 4 aromatic rings. The van der Waals surface area contributed by atoms with Crippen LogP contribution >= 0.6 is 0 Å². The van der Waals surface area contributed by atoms with Crippen molar-refractivity contribution in [1.29, 1.82) is 0 Å². The number of benzene rings is 1. The molecule has 0 bridgehead atoms. The lowest BCUT2D eigenvalue weighted by Crippen LogP contribution is -2.33. The lowest BCUT2D eigenvalue weighted by molar-refractivity contribution is -0.121. The van der Waals surface area contributed by atoms with Crippen molar-refractivity contribution in [3.05, 3.63) is 60.6 Å². The molecule has 4 rings (SSSR count). The Morgan fingerprint density at radius 1 is 1.00 bits per heavy atom. The maximum absolute atomic E-state index is 12.3. The molecule has 0 saturated carbocycles. The molecule has 3 heterocycles. The molecule has 0 aliphatic heterocycles. The summed E-state index contributed by atoms with van der Waals surface area (Å²) in [7, 11) is 1.98. The quantitative estimate of drug-likeness (QED) is 0.174. The molecule has 45 heavy (non-hydrogen) atoms. The molecule has 12 heteroatoms. The van der Waals surface area contributed by atoms with Crippen LogP contribution in [0.5, 0.6) is 5.75 Å². The largest absolute Gasteiger partial charge is 0.492 e. The minimum atomic E-state index is -0.508. The van der Waals surface area contributed by atoms with Crippen molar-refractivity contribution in [2.45, 2.75) is 72.1 Å². The van der Waals surface area contributed by atoms with Crippen LogP contribution in [-0.2, 0) is 22.6 Å². The second-order valence-electron chi connectivity index (χ2n) is 11.7. The Morgan fingerprint density at radius 2 is 1.80 bits per heavy atom. The van der Waals surface area contributed by atoms with Crippen LogP contribution in [0.15, 0.2) is 55.0 Å². The van der Waals surface area contributed by atoms with Gasteiger partial charge in [-0.25, -0.2) is 19.4 Å². The van der Waals surface area contributed by atoms with Gasteiger partial charge in [0.25, 0.3) is 0 Å². The highest BCUT2D eigenvalue weighted by molar-refractivity contribution is 5.88. The zero-order chi connectivity index (χ0) is 32.2. The number of aromatic nitrogens is 5. The van der Waals surface area contributed by atoms with Crippen LogP contribution in [0, 0.1) is 0 Å². The normalized spacial score (nSPS) is 11.3. The number of anilines is 1. The Bertz CT molecular complexity index is 1530.